The minimum absolute atomic E-state index is 0.372. The van der Waals surface area contributed by atoms with Gasteiger partial charge < -0.3 is 5.32 Å². The van der Waals surface area contributed by atoms with Gasteiger partial charge in [-0.25, -0.2) is 8.78 Å². The average molecular weight is 195 g/mol. The second kappa shape index (κ2) is 3.88. The molecule has 0 unspecified atom stereocenters. The Morgan fingerprint density at radius 2 is 2.07 bits per heavy atom. The van der Waals surface area contributed by atoms with Crippen molar-refractivity contribution >= 4 is 5.57 Å². The molecule has 1 nitrogen and oxygen atoms in total. The molecule has 0 fully saturated rings. The largest absolute Gasteiger partial charge is 0.312 e. The van der Waals surface area contributed by atoms with E-state index in [2.05, 4.69) is 5.32 Å². The number of halogens is 2. The molecule has 74 valence electrons. The van der Waals surface area contributed by atoms with Crippen molar-refractivity contribution in [2.45, 2.75) is 6.42 Å². The molecule has 3 heteroatoms. The summed E-state index contributed by atoms with van der Waals surface area (Å²) >= 11 is 0. The number of hydrogen-bond acceptors (Lipinski definition) is 1. The van der Waals surface area contributed by atoms with Gasteiger partial charge >= 0.3 is 0 Å². The third-order valence-electron chi connectivity index (χ3n) is 2.32. The summed E-state index contributed by atoms with van der Waals surface area (Å²) in [5, 5.41) is 3.12. The van der Waals surface area contributed by atoms with Gasteiger partial charge in [-0.05, 0) is 24.6 Å². The summed E-state index contributed by atoms with van der Waals surface area (Å²) in [5.41, 5.74) is 1.21. The summed E-state index contributed by atoms with van der Waals surface area (Å²) in [6.45, 7) is 1.51. The van der Waals surface area contributed by atoms with E-state index in [1.54, 1.807) is 6.07 Å². The van der Waals surface area contributed by atoms with Gasteiger partial charge in [0.15, 0.2) is 11.6 Å². The first-order chi connectivity index (χ1) is 6.79. The van der Waals surface area contributed by atoms with E-state index in [-0.39, 0.29) is 0 Å². The highest BCUT2D eigenvalue weighted by Crippen LogP contribution is 2.21. The molecule has 0 saturated heterocycles. The first-order valence-corrected chi connectivity index (χ1v) is 4.63. The Morgan fingerprint density at radius 1 is 1.21 bits per heavy atom. The normalized spacial score (nSPS) is 16.6. The first-order valence-electron chi connectivity index (χ1n) is 4.63. The maximum atomic E-state index is 13.3. The fourth-order valence-electron chi connectivity index (χ4n) is 1.60. The van der Waals surface area contributed by atoms with E-state index in [1.807, 2.05) is 6.08 Å². The van der Waals surface area contributed by atoms with Crippen molar-refractivity contribution in [2.75, 3.05) is 13.1 Å². The highest BCUT2D eigenvalue weighted by molar-refractivity contribution is 5.68. The lowest BCUT2D eigenvalue weighted by Crippen LogP contribution is -2.22. The molecule has 14 heavy (non-hydrogen) atoms. The summed E-state index contributed by atoms with van der Waals surface area (Å²) in [7, 11) is 0. The summed E-state index contributed by atoms with van der Waals surface area (Å²) in [6.07, 6.45) is 2.82. The van der Waals surface area contributed by atoms with Crippen LogP contribution in [0.25, 0.3) is 5.57 Å². The van der Waals surface area contributed by atoms with Crippen LogP contribution in [-0.2, 0) is 0 Å². The van der Waals surface area contributed by atoms with Crippen LogP contribution in [0.4, 0.5) is 8.78 Å². The van der Waals surface area contributed by atoms with Crippen LogP contribution in [0, 0.1) is 11.6 Å². The zero-order chi connectivity index (χ0) is 9.97. The third kappa shape index (κ3) is 1.68. The van der Waals surface area contributed by atoms with E-state index >= 15 is 0 Å². The van der Waals surface area contributed by atoms with E-state index in [9.17, 15) is 8.78 Å². The Kier molecular flexibility index (Phi) is 2.59. The van der Waals surface area contributed by atoms with Crippen molar-refractivity contribution in [1.82, 2.24) is 5.32 Å². The third-order valence-corrected chi connectivity index (χ3v) is 2.32. The van der Waals surface area contributed by atoms with Crippen molar-refractivity contribution in [2.24, 2.45) is 0 Å². The maximum Gasteiger partial charge on any atom is 0.166 e. The number of nitrogens with one attached hydrogen (secondary N) is 1. The molecule has 0 bridgehead atoms. The van der Waals surface area contributed by atoms with Gasteiger partial charge in [0.25, 0.3) is 0 Å². The second-order valence-electron chi connectivity index (χ2n) is 3.30. The smallest absolute Gasteiger partial charge is 0.166 e. The molecule has 0 atom stereocenters. The monoisotopic (exact) mass is 195 g/mol. The standard InChI is InChI=1S/C11H11F2N/c12-10-5-1-4-9(11(10)13)8-3-2-6-14-7-8/h1,3-5,14H,2,6-7H2. The molecule has 1 aromatic rings. The molecule has 0 aliphatic carbocycles. The van der Waals surface area contributed by atoms with E-state index in [0.717, 1.165) is 24.6 Å². The van der Waals surface area contributed by atoms with Crippen molar-refractivity contribution in [3.8, 4) is 0 Å². The molecule has 0 radical (unpaired) electrons. The van der Waals surface area contributed by atoms with Crippen LogP contribution in [0.3, 0.4) is 0 Å². The Balaban J connectivity index is 2.40. The van der Waals surface area contributed by atoms with Gasteiger partial charge in [-0.2, -0.15) is 0 Å². The lowest BCUT2D eigenvalue weighted by molar-refractivity contribution is 0.505. The minimum Gasteiger partial charge on any atom is -0.312 e. The number of rotatable bonds is 1. The van der Waals surface area contributed by atoms with Gasteiger partial charge in [-0.1, -0.05) is 18.2 Å². The van der Waals surface area contributed by atoms with Crippen LogP contribution in [0.1, 0.15) is 12.0 Å². The summed E-state index contributed by atoms with van der Waals surface area (Å²) in [5.74, 6) is -1.53. The Bertz CT molecular complexity index is 372. The van der Waals surface area contributed by atoms with Gasteiger partial charge in [0.1, 0.15) is 0 Å². The van der Waals surface area contributed by atoms with Crippen LogP contribution in [0.15, 0.2) is 24.3 Å². The fraction of sp³-hybridized carbons (Fsp3) is 0.273. The highest BCUT2D eigenvalue weighted by Gasteiger charge is 2.12. The van der Waals surface area contributed by atoms with Crippen LogP contribution >= 0.6 is 0 Å². The van der Waals surface area contributed by atoms with Gasteiger partial charge in [0.2, 0.25) is 0 Å². The molecule has 1 aromatic carbocycles. The number of hydrogen-bond donors (Lipinski definition) is 1. The molecule has 0 aromatic heterocycles. The van der Waals surface area contributed by atoms with Crippen molar-refractivity contribution in [1.29, 1.82) is 0 Å². The van der Waals surface area contributed by atoms with E-state index < -0.39 is 11.6 Å². The topological polar surface area (TPSA) is 12.0 Å². The maximum absolute atomic E-state index is 13.3. The minimum atomic E-state index is -0.783. The van der Waals surface area contributed by atoms with Gasteiger partial charge in [-0.3, -0.25) is 0 Å². The van der Waals surface area contributed by atoms with Crippen molar-refractivity contribution < 1.29 is 8.78 Å². The van der Waals surface area contributed by atoms with Gasteiger partial charge in [0, 0.05) is 12.1 Å². The SMILES string of the molecule is Fc1cccc(C2=CCCNC2)c1F. The predicted molar refractivity (Wildman–Crippen MR) is 51.8 cm³/mol. The highest BCUT2D eigenvalue weighted by atomic mass is 19.2. The van der Waals surface area contributed by atoms with Crippen molar-refractivity contribution in [3.63, 3.8) is 0 Å². The Hall–Kier alpha value is -1.22. The molecular formula is C11H11F2N. The van der Waals surface area contributed by atoms with Crippen LogP contribution in [0.5, 0.6) is 0 Å². The van der Waals surface area contributed by atoms with E-state index in [1.165, 1.54) is 6.07 Å². The van der Waals surface area contributed by atoms with E-state index in [0.29, 0.717) is 12.1 Å². The van der Waals surface area contributed by atoms with Crippen LogP contribution < -0.4 is 5.32 Å². The molecule has 1 heterocycles. The zero-order valence-electron chi connectivity index (χ0n) is 7.69. The molecule has 0 saturated carbocycles. The molecule has 1 N–H and O–H groups in total. The quantitative estimate of drug-likeness (QED) is 0.725. The van der Waals surface area contributed by atoms with Gasteiger partial charge in [0.05, 0.1) is 0 Å². The summed E-state index contributed by atoms with van der Waals surface area (Å²) < 4.78 is 26.3. The van der Waals surface area contributed by atoms with Gasteiger partial charge in [-0.15, -0.1) is 0 Å². The molecule has 0 amide bonds. The average Bonchev–Trinajstić information content (AvgIpc) is 2.23. The summed E-state index contributed by atoms with van der Waals surface area (Å²) in [6, 6.07) is 4.27. The Labute approximate surface area is 81.4 Å². The lowest BCUT2D eigenvalue weighted by Gasteiger charge is -2.14. The second-order valence-corrected chi connectivity index (χ2v) is 3.30. The van der Waals surface area contributed by atoms with Crippen LogP contribution in [-0.4, -0.2) is 13.1 Å². The summed E-state index contributed by atoms with van der Waals surface area (Å²) in [4.78, 5) is 0. The molecule has 0 spiro atoms. The van der Waals surface area contributed by atoms with Crippen molar-refractivity contribution in [3.05, 3.63) is 41.5 Å². The van der Waals surface area contributed by atoms with Crippen LogP contribution in [0.2, 0.25) is 0 Å². The molecular weight excluding hydrogens is 184 g/mol. The fourth-order valence-corrected chi connectivity index (χ4v) is 1.60. The predicted octanol–water partition coefficient (Wildman–Crippen LogP) is 2.34. The number of benzene rings is 1. The molecule has 2 rings (SSSR count). The van der Waals surface area contributed by atoms with E-state index in [4.69, 9.17) is 0 Å². The molecule has 1 aliphatic heterocycles. The molecule has 1 aliphatic rings. The Morgan fingerprint density at radius 3 is 2.79 bits per heavy atom. The first kappa shape index (κ1) is 9.34. The zero-order valence-corrected chi connectivity index (χ0v) is 7.69. The lowest BCUT2D eigenvalue weighted by atomic mass is 10.0.